The zero-order valence-corrected chi connectivity index (χ0v) is 10.5. The Morgan fingerprint density at radius 1 is 1.45 bits per heavy atom. The van der Waals surface area contributed by atoms with Crippen molar-refractivity contribution in [1.82, 2.24) is 4.90 Å². The third-order valence-electron chi connectivity index (χ3n) is 3.29. The van der Waals surface area contributed by atoms with Gasteiger partial charge in [0.05, 0.1) is 10.8 Å². The minimum absolute atomic E-state index is 0.140. The number of hydrogen-bond donors (Lipinski definition) is 2. The van der Waals surface area contributed by atoms with Crippen molar-refractivity contribution in [3.8, 4) is 5.75 Å². The maximum absolute atomic E-state index is 12.3. The number of rotatable bonds is 3. The van der Waals surface area contributed by atoms with Crippen LogP contribution in [0.1, 0.15) is 16.8 Å². The highest BCUT2D eigenvalue weighted by molar-refractivity contribution is 5.99. The first-order valence-electron chi connectivity index (χ1n) is 5.96. The molecule has 2 amide bonds. The quantitative estimate of drug-likeness (QED) is 0.605. The molecule has 1 fully saturated rings. The first-order valence-corrected chi connectivity index (χ1v) is 5.96. The van der Waals surface area contributed by atoms with Crippen LogP contribution >= 0.6 is 0 Å². The number of primary amides is 1. The minimum Gasteiger partial charge on any atom is -0.508 e. The molecule has 1 aliphatic rings. The molecule has 1 aromatic rings. The summed E-state index contributed by atoms with van der Waals surface area (Å²) in [4.78, 5) is 34.9. The van der Waals surface area contributed by atoms with Gasteiger partial charge in [-0.3, -0.25) is 19.7 Å². The number of benzene rings is 1. The van der Waals surface area contributed by atoms with Crippen molar-refractivity contribution in [3.63, 3.8) is 0 Å². The Kier molecular flexibility index (Phi) is 3.55. The topological polar surface area (TPSA) is 127 Å². The van der Waals surface area contributed by atoms with Crippen LogP contribution < -0.4 is 5.73 Å². The molecule has 8 heteroatoms. The predicted molar refractivity (Wildman–Crippen MR) is 68.0 cm³/mol. The summed E-state index contributed by atoms with van der Waals surface area (Å²) in [6.07, 6.45) is 0.438. The molecule has 1 unspecified atom stereocenters. The molecular weight excluding hydrogens is 266 g/mol. The summed E-state index contributed by atoms with van der Waals surface area (Å²) < 4.78 is 0. The number of phenols is 1. The lowest BCUT2D eigenvalue weighted by Gasteiger charge is -2.16. The molecule has 20 heavy (non-hydrogen) atoms. The van der Waals surface area contributed by atoms with Gasteiger partial charge < -0.3 is 15.7 Å². The van der Waals surface area contributed by atoms with Gasteiger partial charge in [-0.25, -0.2) is 0 Å². The molecule has 0 aliphatic carbocycles. The number of nitrogens with zero attached hydrogens (tertiary/aromatic N) is 2. The van der Waals surface area contributed by atoms with E-state index in [1.54, 1.807) is 0 Å². The summed E-state index contributed by atoms with van der Waals surface area (Å²) in [7, 11) is 0. The molecule has 1 atom stereocenters. The SMILES string of the molecule is NC(=O)C1CCN(C(=O)c2cc(O)ccc2[N+](=O)[O-])C1. The standard InChI is InChI=1S/C12H13N3O5/c13-11(17)7-3-4-14(6-7)12(18)9-5-8(16)1-2-10(9)15(19)20/h1-2,5,7,16H,3-4,6H2,(H2,13,17). The molecule has 0 radical (unpaired) electrons. The number of nitro benzene ring substituents is 1. The second-order valence-corrected chi connectivity index (χ2v) is 4.60. The number of amides is 2. The fourth-order valence-corrected chi connectivity index (χ4v) is 2.20. The maximum Gasteiger partial charge on any atom is 0.282 e. The predicted octanol–water partition coefficient (Wildman–Crippen LogP) is 0.248. The average molecular weight is 279 g/mol. The van der Waals surface area contributed by atoms with Gasteiger partial charge in [0, 0.05) is 19.2 Å². The molecule has 1 aliphatic heterocycles. The van der Waals surface area contributed by atoms with E-state index in [1.807, 2.05) is 0 Å². The highest BCUT2D eigenvalue weighted by atomic mass is 16.6. The van der Waals surface area contributed by atoms with Crippen molar-refractivity contribution in [1.29, 1.82) is 0 Å². The van der Waals surface area contributed by atoms with E-state index in [0.29, 0.717) is 13.0 Å². The van der Waals surface area contributed by atoms with Crippen molar-refractivity contribution in [2.45, 2.75) is 6.42 Å². The molecule has 0 bridgehead atoms. The Morgan fingerprint density at radius 3 is 2.70 bits per heavy atom. The van der Waals surface area contributed by atoms with Crippen LogP contribution in [0.3, 0.4) is 0 Å². The van der Waals surface area contributed by atoms with Crippen LogP contribution in [0.2, 0.25) is 0 Å². The van der Waals surface area contributed by atoms with E-state index < -0.39 is 22.7 Å². The highest BCUT2D eigenvalue weighted by Crippen LogP contribution is 2.27. The maximum atomic E-state index is 12.3. The fourth-order valence-electron chi connectivity index (χ4n) is 2.20. The monoisotopic (exact) mass is 279 g/mol. The Morgan fingerprint density at radius 2 is 2.15 bits per heavy atom. The summed E-state index contributed by atoms with van der Waals surface area (Å²) >= 11 is 0. The van der Waals surface area contributed by atoms with E-state index in [2.05, 4.69) is 0 Å². The molecule has 0 aromatic heterocycles. The number of phenolic OH excluding ortho intramolecular Hbond substituents is 1. The van der Waals surface area contributed by atoms with Crippen molar-refractivity contribution in [3.05, 3.63) is 33.9 Å². The van der Waals surface area contributed by atoms with Crippen LogP contribution in [-0.4, -0.2) is 39.8 Å². The first kappa shape index (κ1) is 13.8. The molecule has 0 spiro atoms. The average Bonchev–Trinajstić information content (AvgIpc) is 2.87. The van der Waals surface area contributed by atoms with Crippen LogP contribution in [0, 0.1) is 16.0 Å². The zero-order valence-electron chi connectivity index (χ0n) is 10.5. The zero-order chi connectivity index (χ0) is 14.9. The Bertz CT molecular complexity index is 586. The van der Waals surface area contributed by atoms with E-state index in [1.165, 1.54) is 4.90 Å². The van der Waals surface area contributed by atoms with Crippen LogP contribution in [0.5, 0.6) is 5.75 Å². The van der Waals surface area contributed by atoms with Gasteiger partial charge in [0.1, 0.15) is 11.3 Å². The molecule has 2 rings (SSSR count). The highest BCUT2D eigenvalue weighted by Gasteiger charge is 2.33. The third-order valence-corrected chi connectivity index (χ3v) is 3.29. The van der Waals surface area contributed by atoms with E-state index in [9.17, 15) is 24.8 Å². The number of aromatic hydroxyl groups is 1. The normalized spacial score (nSPS) is 18.0. The van der Waals surface area contributed by atoms with Gasteiger partial charge >= 0.3 is 0 Å². The van der Waals surface area contributed by atoms with E-state index in [4.69, 9.17) is 5.73 Å². The Labute approximate surface area is 113 Å². The van der Waals surface area contributed by atoms with Crippen molar-refractivity contribution < 1.29 is 19.6 Å². The molecule has 1 saturated heterocycles. The van der Waals surface area contributed by atoms with E-state index in [-0.39, 0.29) is 23.5 Å². The number of carbonyl (C=O) groups excluding carboxylic acids is 2. The largest absolute Gasteiger partial charge is 0.508 e. The number of nitro groups is 1. The summed E-state index contributed by atoms with van der Waals surface area (Å²) in [6, 6.07) is 3.27. The smallest absolute Gasteiger partial charge is 0.282 e. The second-order valence-electron chi connectivity index (χ2n) is 4.60. The van der Waals surface area contributed by atoms with Crippen LogP contribution in [-0.2, 0) is 4.79 Å². The van der Waals surface area contributed by atoms with Gasteiger partial charge in [-0.15, -0.1) is 0 Å². The molecule has 1 heterocycles. The van der Waals surface area contributed by atoms with Gasteiger partial charge in [-0.05, 0) is 18.6 Å². The Hall–Kier alpha value is -2.64. The molecule has 106 valence electrons. The molecule has 1 aromatic carbocycles. The lowest BCUT2D eigenvalue weighted by Crippen LogP contribution is -2.32. The van der Waals surface area contributed by atoms with Gasteiger partial charge in [-0.1, -0.05) is 0 Å². The summed E-state index contributed by atoms with van der Waals surface area (Å²) in [5, 5.41) is 20.3. The summed E-state index contributed by atoms with van der Waals surface area (Å²) in [5.41, 5.74) is 4.60. The molecule has 8 nitrogen and oxygen atoms in total. The molecular formula is C12H13N3O5. The van der Waals surface area contributed by atoms with Gasteiger partial charge in [-0.2, -0.15) is 0 Å². The van der Waals surface area contributed by atoms with Gasteiger partial charge in [0.2, 0.25) is 5.91 Å². The number of likely N-dealkylation sites (tertiary alicyclic amines) is 1. The van der Waals surface area contributed by atoms with Gasteiger partial charge in [0.25, 0.3) is 11.6 Å². The number of nitrogens with two attached hydrogens (primary N) is 1. The second kappa shape index (κ2) is 5.16. The van der Waals surface area contributed by atoms with E-state index >= 15 is 0 Å². The number of hydrogen-bond acceptors (Lipinski definition) is 5. The molecule has 3 N–H and O–H groups in total. The minimum atomic E-state index is -0.686. The summed E-state index contributed by atoms with van der Waals surface area (Å²) in [5.74, 6) is -1.75. The fraction of sp³-hybridized carbons (Fsp3) is 0.333. The first-order chi connectivity index (χ1) is 9.40. The van der Waals surface area contributed by atoms with Crippen molar-refractivity contribution >= 4 is 17.5 Å². The molecule has 0 saturated carbocycles. The van der Waals surface area contributed by atoms with Crippen LogP contribution in [0.15, 0.2) is 18.2 Å². The lowest BCUT2D eigenvalue weighted by molar-refractivity contribution is -0.385. The lowest BCUT2D eigenvalue weighted by atomic mass is 10.1. The third kappa shape index (κ3) is 2.53. The van der Waals surface area contributed by atoms with Crippen LogP contribution in [0.25, 0.3) is 0 Å². The number of carbonyl (C=O) groups is 2. The summed E-state index contributed by atoms with van der Waals surface area (Å²) in [6.45, 7) is 0.445. The van der Waals surface area contributed by atoms with Crippen molar-refractivity contribution in [2.24, 2.45) is 11.7 Å². The van der Waals surface area contributed by atoms with E-state index in [0.717, 1.165) is 18.2 Å². The van der Waals surface area contributed by atoms with Crippen LogP contribution in [0.4, 0.5) is 5.69 Å². The van der Waals surface area contributed by atoms with Gasteiger partial charge in [0.15, 0.2) is 0 Å². The Balaban J connectivity index is 2.28. The van der Waals surface area contributed by atoms with Crippen molar-refractivity contribution in [2.75, 3.05) is 13.1 Å².